The Labute approximate surface area is 144 Å². The quantitative estimate of drug-likeness (QED) is 0.770. The summed E-state index contributed by atoms with van der Waals surface area (Å²) in [4.78, 5) is 4.20. The summed E-state index contributed by atoms with van der Waals surface area (Å²) in [5, 5.41) is 0. The molecule has 0 fully saturated rings. The molecular formula is C18H24N2O3S. The molecule has 0 aliphatic heterocycles. The molecule has 2 aromatic rings. The molecule has 0 aliphatic carbocycles. The van der Waals surface area contributed by atoms with Gasteiger partial charge in [-0.25, -0.2) is 8.42 Å². The van der Waals surface area contributed by atoms with Gasteiger partial charge in [-0.1, -0.05) is 6.92 Å². The molecule has 1 aromatic carbocycles. The molecule has 6 heteroatoms. The first-order chi connectivity index (χ1) is 11.4. The monoisotopic (exact) mass is 348 g/mol. The smallest absolute Gasteiger partial charge is 0.247 e. The summed E-state index contributed by atoms with van der Waals surface area (Å²) >= 11 is 0. The molecule has 130 valence electrons. The summed E-state index contributed by atoms with van der Waals surface area (Å²) in [7, 11) is -2.16. The van der Waals surface area contributed by atoms with Crippen molar-refractivity contribution in [1.82, 2.24) is 9.29 Å². The Balaban J connectivity index is 2.47. The van der Waals surface area contributed by atoms with Crippen LogP contribution in [0.2, 0.25) is 0 Å². The molecule has 0 amide bonds. The fraction of sp³-hybridized carbons (Fsp3) is 0.389. The number of sulfonamides is 1. The second-order valence-corrected chi connectivity index (χ2v) is 7.69. The summed E-state index contributed by atoms with van der Waals surface area (Å²) in [5.74, 6) is 0.383. The lowest BCUT2D eigenvalue weighted by molar-refractivity contribution is 0.385. The highest BCUT2D eigenvalue weighted by Gasteiger charge is 2.28. The Morgan fingerprint density at radius 2 is 1.75 bits per heavy atom. The van der Waals surface area contributed by atoms with Crippen molar-refractivity contribution in [3.8, 4) is 5.75 Å². The zero-order valence-electron chi connectivity index (χ0n) is 14.6. The largest absolute Gasteiger partial charge is 0.495 e. The first-order valence-corrected chi connectivity index (χ1v) is 9.38. The van der Waals surface area contributed by atoms with E-state index in [4.69, 9.17) is 4.74 Å². The predicted molar refractivity (Wildman–Crippen MR) is 94.6 cm³/mol. The van der Waals surface area contributed by atoms with E-state index in [1.54, 1.807) is 24.5 Å². The van der Waals surface area contributed by atoms with Crippen LogP contribution >= 0.6 is 0 Å². The SMILES string of the molecule is CCCN(Cc1ccncc1)S(=O)(=O)c1cc(C)c(C)cc1OC. The van der Waals surface area contributed by atoms with Gasteiger partial charge < -0.3 is 4.74 Å². The van der Waals surface area contributed by atoms with Gasteiger partial charge in [-0.05, 0) is 61.2 Å². The fourth-order valence-electron chi connectivity index (χ4n) is 2.49. The van der Waals surface area contributed by atoms with Gasteiger partial charge in [0.25, 0.3) is 0 Å². The highest BCUT2D eigenvalue weighted by molar-refractivity contribution is 7.89. The number of nitrogens with zero attached hydrogens (tertiary/aromatic N) is 2. The molecule has 0 bridgehead atoms. The van der Waals surface area contributed by atoms with E-state index in [2.05, 4.69) is 4.98 Å². The van der Waals surface area contributed by atoms with E-state index in [0.29, 0.717) is 18.8 Å². The maximum atomic E-state index is 13.2. The van der Waals surface area contributed by atoms with E-state index in [0.717, 1.165) is 23.1 Å². The van der Waals surface area contributed by atoms with E-state index in [1.807, 2.05) is 32.9 Å². The van der Waals surface area contributed by atoms with E-state index in [-0.39, 0.29) is 4.90 Å². The number of pyridine rings is 1. The number of rotatable bonds is 7. The average molecular weight is 348 g/mol. The number of aromatic nitrogens is 1. The summed E-state index contributed by atoms with van der Waals surface area (Å²) < 4.78 is 33.2. The van der Waals surface area contributed by atoms with Crippen molar-refractivity contribution in [2.24, 2.45) is 0 Å². The minimum Gasteiger partial charge on any atom is -0.495 e. The number of hydrogen-bond acceptors (Lipinski definition) is 4. The van der Waals surface area contributed by atoms with Crippen molar-refractivity contribution in [2.45, 2.75) is 38.6 Å². The molecule has 0 unspecified atom stereocenters. The van der Waals surface area contributed by atoms with Crippen LogP contribution in [0, 0.1) is 13.8 Å². The van der Waals surface area contributed by atoms with Crippen LogP contribution in [0.1, 0.15) is 30.0 Å². The molecule has 0 spiro atoms. The van der Waals surface area contributed by atoms with E-state index >= 15 is 0 Å². The van der Waals surface area contributed by atoms with E-state index in [1.165, 1.54) is 11.4 Å². The number of hydrogen-bond donors (Lipinski definition) is 0. The molecule has 1 aromatic heterocycles. The zero-order valence-corrected chi connectivity index (χ0v) is 15.4. The second-order valence-electron chi connectivity index (χ2n) is 5.78. The van der Waals surface area contributed by atoms with Crippen molar-refractivity contribution in [2.75, 3.05) is 13.7 Å². The lowest BCUT2D eigenvalue weighted by atomic mass is 10.1. The topological polar surface area (TPSA) is 59.5 Å². The molecule has 0 radical (unpaired) electrons. The van der Waals surface area contributed by atoms with Crippen LogP contribution in [0.4, 0.5) is 0 Å². The van der Waals surface area contributed by atoms with Gasteiger partial charge in [0.2, 0.25) is 10.0 Å². The number of benzene rings is 1. The first kappa shape index (κ1) is 18.4. The minimum absolute atomic E-state index is 0.218. The van der Waals surface area contributed by atoms with Gasteiger partial charge in [0.1, 0.15) is 10.6 Å². The van der Waals surface area contributed by atoms with Gasteiger partial charge in [-0.3, -0.25) is 4.98 Å². The first-order valence-electron chi connectivity index (χ1n) is 7.94. The summed E-state index contributed by atoms with van der Waals surface area (Å²) in [6.07, 6.45) is 4.07. The molecule has 0 aliphatic rings. The lowest BCUT2D eigenvalue weighted by Crippen LogP contribution is -2.31. The molecule has 2 rings (SSSR count). The van der Waals surface area contributed by atoms with E-state index < -0.39 is 10.0 Å². The Morgan fingerprint density at radius 1 is 1.12 bits per heavy atom. The van der Waals surface area contributed by atoms with Crippen LogP contribution in [-0.4, -0.2) is 31.4 Å². The minimum atomic E-state index is -3.66. The normalized spacial score (nSPS) is 11.7. The van der Waals surface area contributed by atoms with Gasteiger partial charge in [0.15, 0.2) is 0 Å². The Bertz CT molecular complexity index is 789. The third kappa shape index (κ3) is 3.94. The number of methoxy groups -OCH3 is 1. The summed E-state index contributed by atoms with van der Waals surface area (Å²) in [6, 6.07) is 7.13. The van der Waals surface area contributed by atoms with Crippen LogP contribution in [0.3, 0.4) is 0 Å². The van der Waals surface area contributed by atoms with E-state index in [9.17, 15) is 8.42 Å². The molecular weight excluding hydrogens is 324 g/mol. The third-order valence-corrected chi connectivity index (χ3v) is 5.85. The molecule has 1 heterocycles. The van der Waals surface area contributed by atoms with Crippen LogP contribution in [-0.2, 0) is 16.6 Å². The van der Waals surface area contributed by atoms with Crippen molar-refractivity contribution in [3.05, 3.63) is 53.3 Å². The van der Waals surface area contributed by atoms with Gasteiger partial charge in [0.05, 0.1) is 7.11 Å². The highest BCUT2D eigenvalue weighted by atomic mass is 32.2. The maximum Gasteiger partial charge on any atom is 0.247 e. The Morgan fingerprint density at radius 3 is 2.33 bits per heavy atom. The van der Waals surface area contributed by atoms with Crippen molar-refractivity contribution < 1.29 is 13.2 Å². The van der Waals surface area contributed by atoms with Gasteiger partial charge in [-0.2, -0.15) is 4.31 Å². The van der Waals surface area contributed by atoms with Gasteiger partial charge in [0, 0.05) is 25.5 Å². The third-order valence-electron chi connectivity index (χ3n) is 3.98. The molecule has 0 N–H and O–H groups in total. The Hall–Kier alpha value is -1.92. The van der Waals surface area contributed by atoms with Crippen LogP contribution in [0.15, 0.2) is 41.6 Å². The molecule has 5 nitrogen and oxygen atoms in total. The predicted octanol–water partition coefficient (Wildman–Crippen LogP) is 3.31. The highest BCUT2D eigenvalue weighted by Crippen LogP contribution is 2.30. The molecule has 0 saturated carbocycles. The number of ether oxygens (including phenoxy) is 1. The zero-order chi connectivity index (χ0) is 17.7. The molecule has 0 atom stereocenters. The average Bonchev–Trinajstić information content (AvgIpc) is 2.57. The van der Waals surface area contributed by atoms with Crippen LogP contribution in [0.25, 0.3) is 0 Å². The maximum absolute atomic E-state index is 13.2. The van der Waals surface area contributed by atoms with Crippen molar-refractivity contribution in [3.63, 3.8) is 0 Å². The fourth-order valence-corrected chi connectivity index (χ4v) is 4.23. The van der Waals surface area contributed by atoms with Gasteiger partial charge in [-0.15, -0.1) is 0 Å². The second kappa shape index (κ2) is 7.77. The standard InChI is InChI=1S/C18H24N2O3S/c1-5-10-20(13-16-6-8-19-9-7-16)24(21,22)18-12-15(3)14(2)11-17(18)23-4/h6-9,11-12H,5,10,13H2,1-4H3. The molecule has 24 heavy (non-hydrogen) atoms. The van der Waals surface area contributed by atoms with Crippen molar-refractivity contribution >= 4 is 10.0 Å². The van der Waals surface area contributed by atoms with Crippen molar-refractivity contribution in [1.29, 1.82) is 0 Å². The van der Waals surface area contributed by atoms with Crippen LogP contribution < -0.4 is 4.74 Å². The summed E-state index contributed by atoms with van der Waals surface area (Å²) in [5.41, 5.74) is 2.83. The lowest BCUT2D eigenvalue weighted by Gasteiger charge is -2.23. The molecule has 0 saturated heterocycles. The van der Waals surface area contributed by atoms with Gasteiger partial charge >= 0.3 is 0 Å². The number of aryl methyl sites for hydroxylation is 2. The van der Waals surface area contributed by atoms with Crippen LogP contribution in [0.5, 0.6) is 5.75 Å². The Kier molecular flexibility index (Phi) is 5.96. The summed E-state index contributed by atoms with van der Waals surface area (Å²) in [6.45, 7) is 6.57.